The molecule has 11 heteroatoms. The highest BCUT2D eigenvalue weighted by molar-refractivity contribution is 7.50. The number of rotatable bonds is 3. The smallest absolute Gasteiger partial charge is 0.328 e. The maximum absolute atomic E-state index is 11.4. The second-order valence-corrected chi connectivity index (χ2v) is 5.27. The van der Waals surface area contributed by atoms with Gasteiger partial charge in [-0.2, -0.15) is 0 Å². The highest BCUT2D eigenvalue weighted by atomic mass is 31.2. The molecule has 0 amide bonds. The van der Waals surface area contributed by atoms with Gasteiger partial charge in [-0.3, -0.25) is 14.3 Å². The van der Waals surface area contributed by atoms with Crippen molar-refractivity contribution in [3.63, 3.8) is 0 Å². The molecule has 0 aromatic carbocycles. The van der Waals surface area contributed by atoms with E-state index in [-0.39, 0.29) is 19.3 Å². The van der Waals surface area contributed by atoms with Gasteiger partial charge in [0.15, 0.2) is 7.60 Å². The number of quaternary nitrogens is 1. The van der Waals surface area contributed by atoms with Gasteiger partial charge in [0.2, 0.25) is 6.03 Å². The van der Waals surface area contributed by atoms with Crippen molar-refractivity contribution in [2.75, 3.05) is 6.61 Å². The van der Waals surface area contributed by atoms with E-state index in [1.807, 2.05) is 4.98 Å². The normalized spacial score (nSPS) is 25.6. The van der Waals surface area contributed by atoms with E-state index < -0.39 is 31.0 Å². The third-order valence-electron chi connectivity index (χ3n) is 2.30. The summed E-state index contributed by atoms with van der Waals surface area (Å²) >= 11 is 0. The van der Waals surface area contributed by atoms with Crippen molar-refractivity contribution in [1.29, 1.82) is 0 Å². The minimum Gasteiger partial charge on any atom is -0.775 e. The lowest BCUT2D eigenvalue weighted by Crippen LogP contribution is -2.33. The van der Waals surface area contributed by atoms with E-state index in [4.69, 9.17) is 14.4 Å². The minimum atomic E-state index is -4.71. The average Bonchev–Trinajstić information content (AvgIpc) is 2.70. The molecule has 0 spiro atoms. The third-order valence-corrected chi connectivity index (χ3v) is 3.10. The predicted molar refractivity (Wildman–Crippen MR) is 61.7 cm³/mol. The second kappa shape index (κ2) is 5.78. The first-order valence-corrected chi connectivity index (χ1v) is 6.61. The monoisotopic (exact) mass is 295 g/mol. The molecule has 0 radical (unpaired) electrons. The van der Waals surface area contributed by atoms with Gasteiger partial charge < -0.3 is 30.0 Å². The maximum Gasteiger partial charge on any atom is 0.328 e. The van der Waals surface area contributed by atoms with Crippen LogP contribution in [0.25, 0.3) is 0 Å². The lowest BCUT2D eigenvalue weighted by Gasteiger charge is -2.21. The Morgan fingerprint density at radius 1 is 1.58 bits per heavy atom. The number of aromatic nitrogens is 2. The van der Waals surface area contributed by atoms with Crippen LogP contribution in [0.4, 0.5) is 0 Å². The third kappa shape index (κ3) is 3.83. The van der Waals surface area contributed by atoms with Crippen LogP contribution >= 0.6 is 7.60 Å². The number of ether oxygens (including phenoxy) is 2. The number of hydrogen-bond acceptors (Lipinski definition) is 6. The van der Waals surface area contributed by atoms with Crippen LogP contribution in [0.5, 0.6) is 0 Å². The first-order chi connectivity index (χ1) is 8.36. The van der Waals surface area contributed by atoms with E-state index >= 15 is 0 Å². The number of nitrogens with zero attached hydrogens (tertiary/aromatic N) is 1. The molecule has 2 heterocycles. The average molecular weight is 295 g/mol. The van der Waals surface area contributed by atoms with Crippen molar-refractivity contribution in [2.45, 2.75) is 18.7 Å². The van der Waals surface area contributed by atoms with Crippen molar-refractivity contribution in [3.05, 3.63) is 33.1 Å². The summed E-state index contributed by atoms with van der Waals surface area (Å²) in [7, 11) is -4.71. The van der Waals surface area contributed by atoms with Crippen LogP contribution in [0.1, 0.15) is 0 Å². The summed E-state index contributed by atoms with van der Waals surface area (Å²) in [4.78, 5) is 43.7. The Balaban J connectivity index is 0.00000180. The molecule has 108 valence electrons. The second-order valence-electron chi connectivity index (χ2n) is 3.73. The number of aromatic amines is 1. The summed E-state index contributed by atoms with van der Waals surface area (Å²) in [5, 5.41) is 0. The van der Waals surface area contributed by atoms with Crippen molar-refractivity contribution >= 4 is 7.60 Å². The van der Waals surface area contributed by atoms with E-state index in [1.54, 1.807) is 0 Å². The summed E-state index contributed by atoms with van der Waals surface area (Å²) in [6, 6.07) is -0.555. The van der Waals surface area contributed by atoms with Gasteiger partial charge in [-0.05, 0) is 0 Å². The first kappa shape index (κ1) is 15.8. The summed E-state index contributed by atoms with van der Waals surface area (Å²) in [5.41, 5.74) is -1.17. The molecule has 2 rings (SSSR count). The molecule has 1 aliphatic heterocycles. The molecule has 0 aliphatic carbocycles. The van der Waals surface area contributed by atoms with Crippen LogP contribution in [0.3, 0.4) is 0 Å². The van der Waals surface area contributed by atoms with Gasteiger partial charge in [-0.25, -0.2) is 4.79 Å². The largest absolute Gasteiger partial charge is 0.775 e. The Hall–Kier alpha value is -1.29. The van der Waals surface area contributed by atoms with Crippen LogP contribution in [0.15, 0.2) is 21.9 Å². The fraction of sp³-hybridized carbons (Fsp3) is 0.500. The van der Waals surface area contributed by atoms with Gasteiger partial charge in [0.05, 0.1) is 13.2 Å². The molecule has 10 nitrogen and oxygen atoms in total. The van der Waals surface area contributed by atoms with E-state index in [2.05, 4.69) is 0 Å². The van der Waals surface area contributed by atoms with E-state index in [0.29, 0.717) is 0 Å². The van der Waals surface area contributed by atoms with Crippen LogP contribution in [0.2, 0.25) is 0 Å². The van der Waals surface area contributed by atoms with Crippen molar-refractivity contribution in [1.82, 2.24) is 15.7 Å². The molecule has 19 heavy (non-hydrogen) atoms. The standard InChI is InChI=1S/C8H11N2O7P.H3N/c11-6-1-2-10(7(12)9-6)3-5-4-16-8(17-5)18(13,14)15;/h1-2,5,8H,3-4H2,(H,9,11,12)(H2,13,14,15);1H3. The quantitative estimate of drug-likeness (QED) is 0.549. The summed E-state index contributed by atoms with van der Waals surface area (Å²) in [6.45, 7) is -0.0743. The topological polar surface area (TPSA) is 170 Å². The molecule has 1 saturated heterocycles. The molecule has 6 N–H and O–H groups in total. The van der Waals surface area contributed by atoms with E-state index in [9.17, 15) is 19.0 Å². The van der Waals surface area contributed by atoms with Crippen LogP contribution < -0.4 is 22.3 Å². The maximum atomic E-state index is 11.4. The van der Waals surface area contributed by atoms with Crippen molar-refractivity contribution in [2.24, 2.45) is 0 Å². The Morgan fingerprint density at radius 3 is 2.79 bits per heavy atom. The molecular weight excluding hydrogens is 281 g/mol. The molecule has 1 aromatic rings. The summed E-state index contributed by atoms with van der Waals surface area (Å²) in [6.07, 6.45) is 0.557. The van der Waals surface area contributed by atoms with Gasteiger partial charge in [-0.15, -0.1) is 0 Å². The Morgan fingerprint density at radius 2 is 2.26 bits per heavy atom. The highest BCUT2D eigenvalue weighted by Crippen LogP contribution is 2.41. The molecule has 1 aliphatic rings. The molecule has 0 saturated carbocycles. The molecule has 1 aromatic heterocycles. The Kier molecular flexibility index (Phi) is 4.80. The van der Waals surface area contributed by atoms with Gasteiger partial charge >= 0.3 is 5.69 Å². The number of hydrogen-bond donors (Lipinski definition) is 3. The van der Waals surface area contributed by atoms with Gasteiger partial charge in [0.25, 0.3) is 5.56 Å². The van der Waals surface area contributed by atoms with E-state index in [0.717, 1.165) is 10.6 Å². The molecule has 3 atom stereocenters. The zero-order chi connectivity index (χ0) is 13.3. The van der Waals surface area contributed by atoms with Crippen LogP contribution in [-0.4, -0.2) is 33.2 Å². The number of nitrogens with one attached hydrogen (secondary N) is 1. The number of H-pyrrole nitrogens is 1. The fourth-order valence-electron chi connectivity index (χ4n) is 1.51. The summed E-state index contributed by atoms with van der Waals surface area (Å²) < 4.78 is 21.6. The van der Waals surface area contributed by atoms with Crippen molar-refractivity contribution in [3.8, 4) is 0 Å². The highest BCUT2D eigenvalue weighted by Gasteiger charge is 2.33. The Labute approximate surface area is 106 Å². The molecule has 0 bridgehead atoms. The fourth-order valence-corrected chi connectivity index (χ4v) is 2.11. The molecule has 1 fully saturated rings. The van der Waals surface area contributed by atoms with Crippen LogP contribution in [-0.2, 0) is 20.6 Å². The SMILES string of the molecule is O=c1ccn(CC2COC(P(=O)([O-])O)O2)c(=O)[nH]1.[NH4+]. The van der Waals surface area contributed by atoms with Gasteiger partial charge in [0.1, 0.15) is 6.10 Å². The van der Waals surface area contributed by atoms with Crippen molar-refractivity contribution < 1.29 is 23.8 Å². The first-order valence-electron chi connectivity index (χ1n) is 4.96. The molecular formula is C8H14N3O7P. The zero-order valence-electron chi connectivity index (χ0n) is 10.0. The lowest BCUT2D eigenvalue weighted by atomic mass is 10.4. The molecule has 3 unspecified atom stereocenters. The van der Waals surface area contributed by atoms with Gasteiger partial charge in [0, 0.05) is 12.3 Å². The van der Waals surface area contributed by atoms with Gasteiger partial charge in [-0.1, -0.05) is 0 Å². The minimum absolute atomic E-state index is 0. The zero-order valence-corrected chi connectivity index (χ0v) is 10.9. The van der Waals surface area contributed by atoms with Crippen LogP contribution in [0, 0.1) is 0 Å². The Bertz CT molecular complexity index is 590. The predicted octanol–water partition coefficient (Wildman–Crippen LogP) is -1.84. The lowest BCUT2D eigenvalue weighted by molar-refractivity contribution is -0.216. The summed E-state index contributed by atoms with van der Waals surface area (Å²) in [5.74, 6) is 0. The van der Waals surface area contributed by atoms with E-state index in [1.165, 1.54) is 6.20 Å².